The van der Waals surface area contributed by atoms with E-state index >= 15 is 0 Å². The Hall–Kier alpha value is -0.640. The van der Waals surface area contributed by atoms with Crippen molar-refractivity contribution in [2.45, 2.75) is 25.0 Å². The van der Waals surface area contributed by atoms with E-state index in [-0.39, 0.29) is 5.25 Å². The van der Waals surface area contributed by atoms with E-state index in [9.17, 15) is 0 Å². The van der Waals surface area contributed by atoms with Gasteiger partial charge in [0, 0.05) is 13.6 Å². The number of hydrogen-bond acceptors (Lipinski definition) is 3. The maximum absolute atomic E-state index is 5.89. The fourth-order valence-electron chi connectivity index (χ4n) is 1.53. The first kappa shape index (κ1) is 10.4. The number of hydrogen-bond donors (Lipinski definition) is 2. The van der Waals surface area contributed by atoms with Crippen molar-refractivity contribution < 1.29 is 0 Å². The minimum atomic E-state index is 0.244. The van der Waals surface area contributed by atoms with Crippen molar-refractivity contribution in [1.82, 2.24) is 4.90 Å². The van der Waals surface area contributed by atoms with Gasteiger partial charge in [0.2, 0.25) is 0 Å². The summed E-state index contributed by atoms with van der Waals surface area (Å²) in [5.41, 5.74) is 5.89. The highest BCUT2D eigenvalue weighted by molar-refractivity contribution is 7.81. The minimum Gasteiger partial charge on any atom is -0.385 e. The fourth-order valence-corrected chi connectivity index (χ4v) is 1.90. The molecule has 0 radical (unpaired) electrons. The molecule has 0 spiro atoms. The van der Waals surface area contributed by atoms with Crippen LogP contribution in [0.5, 0.6) is 0 Å². The lowest BCUT2D eigenvalue weighted by Crippen LogP contribution is -2.31. The van der Waals surface area contributed by atoms with Crippen LogP contribution in [0.3, 0.4) is 0 Å². The summed E-state index contributed by atoms with van der Waals surface area (Å²) >= 11 is 4.43. The molecule has 1 heterocycles. The third-order valence-electron chi connectivity index (χ3n) is 2.15. The summed E-state index contributed by atoms with van der Waals surface area (Å²) in [5.74, 6) is 1.80. The van der Waals surface area contributed by atoms with E-state index in [1.54, 1.807) is 7.05 Å². The molecule has 74 valence electrons. The van der Waals surface area contributed by atoms with Crippen LogP contribution in [0.25, 0.3) is 0 Å². The number of allylic oxidation sites excluding steroid dienone is 1. The SMILES string of the molecule is CC/C=C(/N)N1CCC(S)C1=NC. The van der Waals surface area contributed by atoms with E-state index in [1.165, 1.54) is 0 Å². The number of thiol groups is 1. The van der Waals surface area contributed by atoms with Crippen LogP contribution in [0.15, 0.2) is 16.9 Å². The van der Waals surface area contributed by atoms with Crippen molar-refractivity contribution >= 4 is 18.5 Å². The molecule has 1 aliphatic rings. The molecule has 4 heteroatoms. The van der Waals surface area contributed by atoms with Crippen molar-refractivity contribution in [2.75, 3.05) is 13.6 Å². The maximum atomic E-state index is 5.89. The molecule has 1 aliphatic heterocycles. The molecule has 2 N–H and O–H groups in total. The van der Waals surface area contributed by atoms with E-state index in [0.29, 0.717) is 0 Å². The van der Waals surface area contributed by atoms with Gasteiger partial charge in [0.25, 0.3) is 0 Å². The monoisotopic (exact) mass is 199 g/mol. The standard InChI is InChI=1S/C9H17N3S/c1-3-4-8(10)12-6-5-7(13)9(12)11-2/h4,7,13H,3,5-6,10H2,1-2H3/b8-4-,11-9?. The predicted octanol–water partition coefficient (Wildman–Crippen LogP) is 1.23. The van der Waals surface area contributed by atoms with Crippen LogP contribution in [0.2, 0.25) is 0 Å². The molecule has 0 amide bonds. The first-order valence-corrected chi connectivity index (χ1v) is 5.10. The summed E-state index contributed by atoms with van der Waals surface area (Å²) in [6, 6.07) is 0. The molecule has 1 saturated heterocycles. The smallest absolute Gasteiger partial charge is 0.117 e. The summed E-state index contributed by atoms with van der Waals surface area (Å²) in [6.07, 6.45) is 3.99. The van der Waals surface area contributed by atoms with Crippen LogP contribution >= 0.6 is 12.6 Å². The predicted molar refractivity (Wildman–Crippen MR) is 60.0 cm³/mol. The van der Waals surface area contributed by atoms with Crippen LogP contribution in [-0.4, -0.2) is 29.6 Å². The first-order valence-electron chi connectivity index (χ1n) is 4.58. The molecular formula is C9H17N3S. The molecule has 3 nitrogen and oxygen atoms in total. The Morgan fingerprint density at radius 3 is 3.08 bits per heavy atom. The van der Waals surface area contributed by atoms with Gasteiger partial charge in [-0.3, -0.25) is 4.99 Å². The molecular weight excluding hydrogens is 182 g/mol. The van der Waals surface area contributed by atoms with Gasteiger partial charge in [-0.1, -0.05) is 6.92 Å². The summed E-state index contributed by atoms with van der Waals surface area (Å²) in [5, 5.41) is 0.244. The van der Waals surface area contributed by atoms with Crippen LogP contribution in [0, 0.1) is 0 Å². The molecule has 1 fully saturated rings. The highest BCUT2D eigenvalue weighted by atomic mass is 32.1. The van der Waals surface area contributed by atoms with Gasteiger partial charge < -0.3 is 10.6 Å². The Bertz CT molecular complexity index is 235. The van der Waals surface area contributed by atoms with E-state index in [0.717, 1.165) is 31.0 Å². The molecule has 0 bridgehead atoms. The number of rotatable bonds is 2. The van der Waals surface area contributed by atoms with E-state index in [4.69, 9.17) is 5.73 Å². The van der Waals surface area contributed by atoms with Gasteiger partial charge in [-0.2, -0.15) is 12.6 Å². The quantitative estimate of drug-likeness (QED) is 0.657. The average molecular weight is 199 g/mol. The van der Waals surface area contributed by atoms with Crippen LogP contribution in [0.4, 0.5) is 0 Å². The summed E-state index contributed by atoms with van der Waals surface area (Å²) in [6.45, 7) is 3.01. The number of likely N-dealkylation sites (tertiary alicyclic amines) is 1. The van der Waals surface area contributed by atoms with Crippen LogP contribution in [0.1, 0.15) is 19.8 Å². The molecule has 1 rings (SSSR count). The topological polar surface area (TPSA) is 41.6 Å². The van der Waals surface area contributed by atoms with Crippen molar-refractivity contribution in [3.8, 4) is 0 Å². The molecule has 0 aliphatic carbocycles. The van der Waals surface area contributed by atoms with Crippen LogP contribution < -0.4 is 5.73 Å². The molecule has 0 aromatic carbocycles. The lowest BCUT2D eigenvalue weighted by molar-refractivity contribution is 0.544. The Labute approximate surface area is 85.1 Å². The van der Waals surface area contributed by atoms with Gasteiger partial charge in [0.05, 0.1) is 11.1 Å². The van der Waals surface area contributed by atoms with Crippen molar-refractivity contribution in [3.05, 3.63) is 11.9 Å². The Morgan fingerprint density at radius 1 is 1.85 bits per heavy atom. The van der Waals surface area contributed by atoms with Gasteiger partial charge in [0.15, 0.2) is 0 Å². The number of aliphatic imine (C=N–C) groups is 1. The minimum absolute atomic E-state index is 0.244. The zero-order valence-corrected chi connectivity index (χ0v) is 9.09. The molecule has 13 heavy (non-hydrogen) atoms. The highest BCUT2D eigenvalue weighted by Crippen LogP contribution is 2.20. The molecule has 0 saturated carbocycles. The second-order valence-electron chi connectivity index (χ2n) is 3.08. The Morgan fingerprint density at radius 2 is 2.54 bits per heavy atom. The lowest BCUT2D eigenvalue weighted by atomic mass is 10.3. The second kappa shape index (κ2) is 4.56. The van der Waals surface area contributed by atoms with E-state index in [2.05, 4.69) is 24.5 Å². The van der Waals surface area contributed by atoms with Gasteiger partial charge >= 0.3 is 0 Å². The Balaban J connectivity index is 2.77. The van der Waals surface area contributed by atoms with Gasteiger partial charge in [0.1, 0.15) is 5.84 Å². The normalized spacial score (nSPS) is 27.3. The lowest BCUT2D eigenvalue weighted by Gasteiger charge is -2.19. The molecule has 0 aromatic heterocycles. The van der Waals surface area contributed by atoms with Gasteiger partial charge in [-0.15, -0.1) is 0 Å². The van der Waals surface area contributed by atoms with E-state index < -0.39 is 0 Å². The summed E-state index contributed by atoms with van der Waals surface area (Å²) < 4.78 is 0. The zero-order valence-electron chi connectivity index (χ0n) is 8.20. The van der Waals surface area contributed by atoms with Crippen molar-refractivity contribution in [1.29, 1.82) is 0 Å². The van der Waals surface area contributed by atoms with Crippen molar-refractivity contribution in [3.63, 3.8) is 0 Å². The number of amidine groups is 1. The number of nitrogens with zero attached hydrogens (tertiary/aromatic N) is 2. The fraction of sp³-hybridized carbons (Fsp3) is 0.667. The highest BCUT2D eigenvalue weighted by Gasteiger charge is 2.27. The Kier molecular flexibility index (Phi) is 3.66. The molecule has 1 atom stereocenters. The molecule has 1 unspecified atom stereocenters. The van der Waals surface area contributed by atoms with Gasteiger partial charge in [-0.05, 0) is 18.9 Å². The number of nitrogens with two attached hydrogens (primary N) is 1. The zero-order chi connectivity index (χ0) is 9.84. The van der Waals surface area contributed by atoms with E-state index in [1.807, 2.05) is 11.0 Å². The molecule has 0 aromatic rings. The third-order valence-corrected chi connectivity index (χ3v) is 2.64. The largest absolute Gasteiger partial charge is 0.385 e. The van der Waals surface area contributed by atoms with Gasteiger partial charge in [-0.25, -0.2) is 0 Å². The van der Waals surface area contributed by atoms with Crippen LogP contribution in [-0.2, 0) is 0 Å². The first-order chi connectivity index (χ1) is 6.20. The maximum Gasteiger partial charge on any atom is 0.117 e. The van der Waals surface area contributed by atoms with Crippen molar-refractivity contribution in [2.24, 2.45) is 10.7 Å². The summed E-state index contributed by atoms with van der Waals surface area (Å²) in [4.78, 5) is 6.24. The second-order valence-corrected chi connectivity index (χ2v) is 3.70. The average Bonchev–Trinajstić information content (AvgIpc) is 2.47. The third kappa shape index (κ3) is 2.18. The summed E-state index contributed by atoms with van der Waals surface area (Å²) in [7, 11) is 1.79.